The highest BCUT2D eigenvalue weighted by atomic mass is 16.2. The molecule has 1 unspecified atom stereocenters. The van der Waals surface area contributed by atoms with Crippen LogP contribution in [-0.4, -0.2) is 42.4 Å². The maximum Gasteiger partial charge on any atom is 0.241 e. The minimum Gasteiger partial charge on any atom is -0.368 e. The van der Waals surface area contributed by atoms with E-state index in [4.69, 9.17) is 5.73 Å². The van der Waals surface area contributed by atoms with E-state index < -0.39 is 6.04 Å². The van der Waals surface area contributed by atoms with Crippen molar-refractivity contribution < 1.29 is 9.59 Å². The molecule has 5 heteroatoms. The first-order valence-electron chi connectivity index (χ1n) is 8.38. The fourth-order valence-corrected chi connectivity index (χ4v) is 5.88. The molecular weight excluding hydrogens is 266 g/mol. The average molecular weight is 291 g/mol. The van der Waals surface area contributed by atoms with Gasteiger partial charge in [-0.1, -0.05) is 0 Å². The van der Waals surface area contributed by atoms with Crippen molar-refractivity contribution in [2.75, 3.05) is 19.6 Å². The summed E-state index contributed by atoms with van der Waals surface area (Å²) in [6, 6.07) is -0.459. The number of rotatable bonds is 2. The fourth-order valence-electron chi connectivity index (χ4n) is 5.88. The monoisotopic (exact) mass is 291 g/mol. The molecule has 1 heterocycles. The van der Waals surface area contributed by atoms with Crippen LogP contribution >= 0.6 is 0 Å². The van der Waals surface area contributed by atoms with Crippen molar-refractivity contribution in [3.63, 3.8) is 0 Å². The summed E-state index contributed by atoms with van der Waals surface area (Å²) in [5.41, 5.74) is 5.35. The molecule has 5 nitrogen and oxygen atoms in total. The van der Waals surface area contributed by atoms with E-state index in [9.17, 15) is 9.59 Å². The minimum atomic E-state index is -0.459. The molecule has 0 radical (unpaired) electrons. The van der Waals surface area contributed by atoms with Gasteiger partial charge in [0.25, 0.3) is 0 Å². The van der Waals surface area contributed by atoms with Gasteiger partial charge in [0.05, 0.1) is 5.41 Å². The van der Waals surface area contributed by atoms with Crippen molar-refractivity contribution in [1.82, 2.24) is 10.2 Å². The zero-order valence-corrected chi connectivity index (χ0v) is 12.5. The molecule has 1 atom stereocenters. The highest BCUT2D eigenvalue weighted by molar-refractivity contribution is 5.90. The van der Waals surface area contributed by atoms with Crippen molar-refractivity contribution in [2.45, 2.75) is 44.6 Å². The minimum absolute atomic E-state index is 0.167. The second-order valence-electron chi connectivity index (χ2n) is 7.82. The van der Waals surface area contributed by atoms with Crippen LogP contribution in [0.3, 0.4) is 0 Å². The zero-order chi connectivity index (χ0) is 14.6. The van der Waals surface area contributed by atoms with Gasteiger partial charge in [-0.2, -0.15) is 0 Å². The van der Waals surface area contributed by atoms with Gasteiger partial charge in [-0.15, -0.1) is 0 Å². The van der Waals surface area contributed by atoms with Gasteiger partial charge in [0.1, 0.15) is 6.04 Å². The first kappa shape index (κ1) is 13.6. The lowest BCUT2D eigenvalue weighted by Gasteiger charge is -2.57. The fraction of sp³-hybridized carbons (Fsp3) is 0.875. The number of piperazine rings is 1. The standard InChI is InChI=1S/C16H25N3O2/c17-14(20)13-9-18-1-2-19(13)15(21)16-6-10-3-11(7-16)5-12(4-10)8-16/h10-13,18H,1-9H2,(H2,17,20). The molecule has 5 aliphatic rings. The molecular formula is C16H25N3O2. The third-order valence-corrected chi connectivity index (χ3v) is 6.32. The van der Waals surface area contributed by atoms with E-state index in [1.165, 1.54) is 19.3 Å². The molecule has 1 aliphatic heterocycles. The lowest BCUT2D eigenvalue weighted by molar-refractivity contribution is -0.162. The Morgan fingerprint density at radius 3 is 2.14 bits per heavy atom. The number of amides is 2. The second-order valence-corrected chi connectivity index (χ2v) is 7.82. The van der Waals surface area contributed by atoms with Crippen molar-refractivity contribution in [1.29, 1.82) is 0 Å². The molecule has 0 aromatic carbocycles. The quantitative estimate of drug-likeness (QED) is 0.777. The van der Waals surface area contributed by atoms with E-state index in [0.717, 1.165) is 43.6 Å². The van der Waals surface area contributed by atoms with Gasteiger partial charge in [-0.3, -0.25) is 9.59 Å². The molecule has 4 saturated carbocycles. The van der Waals surface area contributed by atoms with E-state index >= 15 is 0 Å². The molecule has 5 rings (SSSR count). The molecule has 2 amide bonds. The molecule has 0 spiro atoms. The molecule has 4 bridgehead atoms. The predicted octanol–water partition coefficient (Wildman–Crippen LogP) is 0.488. The molecule has 5 fully saturated rings. The summed E-state index contributed by atoms with van der Waals surface area (Å²) in [4.78, 5) is 26.7. The third-order valence-electron chi connectivity index (χ3n) is 6.32. The van der Waals surface area contributed by atoms with Crippen LogP contribution in [0.15, 0.2) is 0 Å². The van der Waals surface area contributed by atoms with Crippen molar-refractivity contribution in [3.05, 3.63) is 0 Å². The van der Waals surface area contributed by atoms with Gasteiger partial charge in [0.2, 0.25) is 11.8 Å². The molecule has 3 N–H and O–H groups in total. The van der Waals surface area contributed by atoms with E-state index in [2.05, 4.69) is 5.32 Å². The van der Waals surface area contributed by atoms with Gasteiger partial charge < -0.3 is 16.0 Å². The Morgan fingerprint density at radius 1 is 1.05 bits per heavy atom. The number of nitrogens with one attached hydrogen (secondary N) is 1. The van der Waals surface area contributed by atoms with Crippen LogP contribution in [0, 0.1) is 23.2 Å². The average Bonchev–Trinajstić information content (AvgIpc) is 2.45. The highest BCUT2D eigenvalue weighted by Crippen LogP contribution is 2.60. The Hall–Kier alpha value is -1.10. The third kappa shape index (κ3) is 2.08. The number of carbonyl (C=O) groups excluding carboxylic acids is 2. The molecule has 0 aromatic rings. The predicted molar refractivity (Wildman–Crippen MR) is 78.2 cm³/mol. The maximum absolute atomic E-state index is 13.3. The topological polar surface area (TPSA) is 75.4 Å². The molecule has 0 aromatic heterocycles. The van der Waals surface area contributed by atoms with Gasteiger partial charge in [-0.25, -0.2) is 0 Å². The summed E-state index contributed by atoms with van der Waals surface area (Å²) in [5, 5.41) is 3.18. The second kappa shape index (κ2) is 4.70. The van der Waals surface area contributed by atoms with Crippen molar-refractivity contribution in [2.24, 2.45) is 28.9 Å². The Bertz CT molecular complexity index is 441. The van der Waals surface area contributed by atoms with Crippen LogP contribution < -0.4 is 11.1 Å². The van der Waals surface area contributed by atoms with Crippen LogP contribution in [0.4, 0.5) is 0 Å². The first-order valence-corrected chi connectivity index (χ1v) is 8.38. The van der Waals surface area contributed by atoms with Gasteiger partial charge >= 0.3 is 0 Å². The smallest absolute Gasteiger partial charge is 0.241 e. The maximum atomic E-state index is 13.3. The number of hydrogen-bond acceptors (Lipinski definition) is 3. The largest absolute Gasteiger partial charge is 0.368 e. The van der Waals surface area contributed by atoms with Crippen molar-refractivity contribution >= 4 is 11.8 Å². The normalized spacial score (nSPS) is 44.9. The van der Waals surface area contributed by atoms with E-state index in [-0.39, 0.29) is 17.2 Å². The number of carbonyl (C=O) groups is 2. The molecule has 116 valence electrons. The SMILES string of the molecule is NC(=O)C1CNCCN1C(=O)C12CC3CC(CC(C3)C1)C2. The summed E-state index contributed by atoms with van der Waals surface area (Å²) in [6.45, 7) is 1.89. The summed E-state index contributed by atoms with van der Waals surface area (Å²) < 4.78 is 0. The van der Waals surface area contributed by atoms with Crippen LogP contribution in [0.25, 0.3) is 0 Å². The van der Waals surface area contributed by atoms with Crippen LogP contribution in [0.1, 0.15) is 38.5 Å². The van der Waals surface area contributed by atoms with E-state index in [1.807, 2.05) is 0 Å². The Morgan fingerprint density at radius 2 is 1.62 bits per heavy atom. The van der Waals surface area contributed by atoms with Gasteiger partial charge in [0.15, 0.2) is 0 Å². The first-order chi connectivity index (χ1) is 10.1. The lowest BCUT2D eigenvalue weighted by atomic mass is 9.49. The van der Waals surface area contributed by atoms with Crippen LogP contribution in [0.2, 0.25) is 0 Å². The zero-order valence-electron chi connectivity index (χ0n) is 12.5. The number of nitrogens with zero attached hydrogens (tertiary/aromatic N) is 1. The van der Waals surface area contributed by atoms with Crippen molar-refractivity contribution in [3.8, 4) is 0 Å². The number of hydrogen-bond donors (Lipinski definition) is 2. The van der Waals surface area contributed by atoms with Crippen LogP contribution in [-0.2, 0) is 9.59 Å². The summed E-state index contributed by atoms with van der Waals surface area (Å²) >= 11 is 0. The number of nitrogens with two attached hydrogens (primary N) is 1. The Balaban J connectivity index is 1.60. The van der Waals surface area contributed by atoms with Crippen LogP contribution in [0.5, 0.6) is 0 Å². The lowest BCUT2D eigenvalue weighted by Crippen LogP contribution is -2.63. The summed E-state index contributed by atoms with van der Waals surface area (Å²) in [7, 11) is 0. The molecule has 4 aliphatic carbocycles. The Labute approximate surface area is 125 Å². The highest BCUT2D eigenvalue weighted by Gasteiger charge is 2.56. The van der Waals surface area contributed by atoms with Gasteiger partial charge in [0, 0.05) is 19.6 Å². The molecule has 21 heavy (non-hydrogen) atoms. The summed E-state index contributed by atoms with van der Waals surface area (Å²) in [6.07, 6.45) is 7.13. The molecule has 1 saturated heterocycles. The Kier molecular flexibility index (Phi) is 3.03. The summed E-state index contributed by atoms with van der Waals surface area (Å²) in [5.74, 6) is 2.09. The van der Waals surface area contributed by atoms with E-state index in [0.29, 0.717) is 13.1 Å². The number of primary amides is 1. The van der Waals surface area contributed by atoms with E-state index in [1.54, 1.807) is 4.90 Å². The van der Waals surface area contributed by atoms with Gasteiger partial charge in [-0.05, 0) is 56.3 Å².